The fraction of sp³-hybridized carbons (Fsp3) is 0.773. The molecule has 2 N–H and O–H groups in total. The highest BCUT2D eigenvalue weighted by atomic mass is 32.2. The van der Waals surface area contributed by atoms with Crippen LogP contribution in [-0.2, 0) is 9.53 Å². The highest BCUT2D eigenvalue weighted by Gasteiger charge is 2.47. The minimum Gasteiger partial charge on any atom is -0.478 e. The Hall–Kier alpha value is -0.780. The van der Waals surface area contributed by atoms with E-state index in [9.17, 15) is 9.90 Å². The van der Waals surface area contributed by atoms with Crippen LogP contribution in [0.4, 0.5) is 0 Å². The summed E-state index contributed by atoms with van der Waals surface area (Å²) in [6, 6.07) is 0. The Morgan fingerprint density at radius 1 is 1.33 bits per heavy atom. The van der Waals surface area contributed by atoms with E-state index in [2.05, 4.69) is 26.8 Å². The van der Waals surface area contributed by atoms with Crippen LogP contribution in [0.3, 0.4) is 0 Å². The molecule has 0 saturated carbocycles. The molecule has 2 rings (SSSR count). The summed E-state index contributed by atoms with van der Waals surface area (Å²) < 4.78 is 6.16. The van der Waals surface area contributed by atoms with Crippen LogP contribution in [0.2, 0.25) is 0 Å². The first-order valence-electron chi connectivity index (χ1n) is 10.3. The molecule has 2 bridgehead atoms. The number of hydrogen-bond acceptors (Lipinski definition) is 4. The molecule has 0 aliphatic carbocycles. The van der Waals surface area contributed by atoms with E-state index in [4.69, 9.17) is 9.84 Å². The summed E-state index contributed by atoms with van der Waals surface area (Å²) in [5.41, 5.74) is -0.0905. The van der Waals surface area contributed by atoms with Crippen molar-refractivity contribution < 1.29 is 19.7 Å². The number of fused-ring (bicyclic) bond motifs is 2. The van der Waals surface area contributed by atoms with E-state index < -0.39 is 12.1 Å². The number of unbranched alkanes of at least 4 members (excludes halogenated alkanes) is 1. The summed E-state index contributed by atoms with van der Waals surface area (Å²) in [6.07, 6.45) is 14.1. The fourth-order valence-corrected chi connectivity index (χ4v) is 5.09. The lowest BCUT2D eigenvalue weighted by Crippen LogP contribution is -2.29. The van der Waals surface area contributed by atoms with Gasteiger partial charge < -0.3 is 14.9 Å². The minimum absolute atomic E-state index is 0.0905. The van der Waals surface area contributed by atoms with E-state index in [1.165, 1.54) is 6.08 Å². The quantitative estimate of drug-likeness (QED) is 0.285. The normalized spacial score (nSPS) is 29.2. The third-order valence-corrected chi connectivity index (χ3v) is 7.00. The molecule has 0 aromatic rings. The van der Waals surface area contributed by atoms with Crippen molar-refractivity contribution >= 4 is 17.7 Å². The summed E-state index contributed by atoms with van der Waals surface area (Å²) in [5.74, 6) is 1.77. The van der Waals surface area contributed by atoms with Crippen molar-refractivity contribution in [3.8, 4) is 0 Å². The van der Waals surface area contributed by atoms with Gasteiger partial charge in [0.15, 0.2) is 0 Å². The minimum atomic E-state index is -0.886. The van der Waals surface area contributed by atoms with Crippen LogP contribution in [0, 0.1) is 17.3 Å². The van der Waals surface area contributed by atoms with Gasteiger partial charge in [-0.05, 0) is 42.8 Å². The van der Waals surface area contributed by atoms with Crippen molar-refractivity contribution in [2.45, 2.75) is 77.6 Å². The highest BCUT2D eigenvalue weighted by molar-refractivity contribution is 7.99. The van der Waals surface area contributed by atoms with Crippen molar-refractivity contribution in [1.29, 1.82) is 0 Å². The second-order valence-electron chi connectivity index (χ2n) is 8.56. The standard InChI is InChI=1S/C22H36O4S/c1-4-5-13-22(2,3)20(23)11-8-16-17(19-10-9-18(16)26-19)12-15-27-14-6-7-21(24)25/h6-8,11,16-20,23H,4-5,9-10,12-15H2,1-3H3,(H,24,25)/b7-6?,11-8+/t16-,17+,18-,19+,20?/m0/s1. The van der Waals surface area contributed by atoms with Crippen molar-refractivity contribution in [2.24, 2.45) is 17.3 Å². The molecule has 27 heavy (non-hydrogen) atoms. The van der Waals surface area contributed by atoms with Gasteiger partial charge in [-0.25, -0.2) is 4.79 Å². The number of carboxylic acids is 1. The molecule has 5 atom stereocenters. The van der Waals surface area contributed by atoms with Crippen molar-refractivity contribution in [2.75, 3.05) is 11.5 Å². The molecule has 154 valence electrons. The van der Waals surface area contributed by atoms with Crippen LogP contribution in [0.15, 0.2) is 24.3 Å². The lowest BCUT2D eigenvalue weighted by molar-refractivity contribution is -0.131. The molecular weight excluding hydrogens is 360 g/mol. The van der Waals surface area contributed by atoms with Crippen LogP contribution < -0.4 is 0 Å². The number of rotatable bonds is 12. The van der Waals surface area contributed by atoms with Crippen molar-refractivity contribution in [1.82, 2.24) is 0 Å². The maximum absolute atomic E-state index is 10.7. The van der Waals surface area contributed by atoms with Crippen molar-refractivity contribution in [3.05, 3.63) is 24.3 Å². The van der Waals surface area contributed by atoms with E-state index in [0.717, 1.165) is 50.0 Å². The van der Waals surface area contributed by atoms with E-state index >= 15 is 0 Å². The molecule has 5 heteroatoms. The fourth-order valence-electron chi connectivity index (χ4n) is 4.25. The number of aliphatic hydroxyl groups is 1. The largest absolute Gasteiger partial charge is 0.478 e. The molecule has 2 aliphatic rings. The summed E-state index contributed by atoms with van der Waals surface area (Å²) in [7, 11) is 0. The van der Waals surface area contributed by atoms with E-state index in [1.807, 2.05) is 6.08 Å². The zero-order chi connectivity index (χ0) is 19.9. The second-order valence-corrected chi connectivity index (χ2v) is 9.71. The van der Waals surface area contributed by atoms with Crippen LogP contribution in [-0.4, -0.2) is 46.0 Å². The van der Waals surface area contributed by atoms with Crippen LogP contribution >= 0.6 is 11.8 Å². The Morgan fingerprint density at radius 3 is 2.78 bits per heavy atom. The molecule has 0 radical (unpaired) electrons. The molecule has 2 fully saturated rings. The summed E-state index contributed by atoms with van der Waals surface area (Å²) >= 11 is 1.77. The first-order valence-corrected chi connectivity index (χ1v) is 11.5. The summed E-state index contributed by atoms with van der Waals surface area (Å²) in [4.78, 5) is 10.5. The summed E-state index contributed by atoms with van der Waals surface area (Å²) in [6.45, 7) is 6.48. The van der Waals surface area contributed by atoms with E-state index in [0.29, 0.717) is 24.0 Å². The van der Waals surface area contributed by atoms with E-state index in [-0.39, 0.29) is 5.41 Å². The lowest BCUT2D eigenvalue weighted by Gasteiger charge is -2.30. The van der Waals surface area contributed by atoms with Gasteiger partial charge in [-0.1, -0.05) is 51.8 Å². The molecule has 0 aromatic carbocycles. The Morgan fingerprint density at radius 2 is 2.07 bits per heavy atom. The number of thioether (sulfide) groups is 1. The average Bonchev–Trinajstić information content (AvgIpc) is 3.22. The van der Waals surface area contributed by atoms with Gasteiger partial charge in [0, 0.05) is 17.7 Å². The van der Waals surface area contributed by atoms with Crippen LogP contribution in [0.25, 0.3) is 0 Å². The van der Waals surface area contributed by atoms with Gasteiger partial charge in [-0.3, -0.25) is 0 Å². The Bertz CT molecular complexity index is 528. The number of aliphatic hydroxyl groups excluding tert-OH is 1. The number of aliphatic carboxylic acids is 1. The molecule has 0 spiro atoms. The third-order valence-electron chi connectivity index (χ3n) is 6.05. The topological polar surface area (TPSA) is 66.8 Å². The van der Waals surface area contributed by atoms with Gasteiger partial charge in [0.25, 0.3) is 0 Å². The maximum Gasteiger partial charge on any atom is 0.328 e. The Labute approximate surface area is 168 Å². The third kappa shape index (κ3) is 6.65. The molecule has 2 saturated heterocycles. The zero-order valence-electron chi connectivity index (χ0n) is 17.0. The van der Waals surface area contributed by atoms with Gasteiger partial charge in [0.1, 0.15) is 0 Å². The Kier molecular flexibility index (Phi) is 8.90. The van der Waals surface area contributed by atoms with Crippen molar-refractivity contribution in [3.63, 3.8) is 0 Å². The highest BCUT2D eigenvalue weighted by Crippen LogP contribution is 2.46. The molecule has 0 aromatic heterocycles. The van der Waals surface area contributed by atoms with Crippen LogP contribution in [0.5, 0.6) is 0 Å². The molecule has 1 unspecified atom stereocenters. The molecule has 0 amide bonds. The van der Waals surface area contributed by atoms with Gasteiger partial charge in [0.2, 0.25) is 0 Å². The predicted molar refractivity (Wildman–Crippen MR) is 112 cm³/mol. The SMILES string of the molecule is CCCCC(C)(C)C(O)/C=C/[C@H]1[C@@H](CCSCC=CC(=O)O)[C@H]2CC[C@@H]1O2. The number of carbonyl (C=O) groups is 1. The smallest absolute Gasteiger partial charge is 0.328 e. The molecular formula is C22H36O4S. The zero-order valence-corrected chi connectivity index (χ0v) is 17.8. The average molecular weight is 397 g/mol. The van der Waals surface area contributed by atoms with Gasteiger partial charge in [-0.2, -0.15) is 11.8 Å². The first-order chi connectivity index (χ1) is 12.8. The molecule has 2 aliphatic heterocycles. The Balaban J connectivity index is 1.85. The molecule has 4 nitrogen and oxygen atoms in total. The second kappa shape index (κ2) is 10.7. The van der Waals surface area contributed by atoms with Gasteiger partial charge >= 0.3 is 5.97 Å². The van der Waals surface area contributed by atoms with Gasteiger partial charge in [-0.15, -0.1) is 0 Å². The monoisotopic (exact) mass is 396 g/mol. The van der Waals surface area contributed by atoms with Crippen LogP contribution in [0.1, 0.15) is 59.3 Å². The predicted octanol–water partition coefficient (Wildman–Crippen LogP) is 4.68. The summed E-state index contributed by atoms with van der Waals surface area (Å²) in [5, 5.41) is 19.3. The first kappa shape index (κ1) is 22.5. The number of carboxylic acid groups (broad SMARTS) is 1. The number of ether oxygens (including phenoxy) is 1. The lowest BCUT2D eigenvalue weighted by atomic mass is 9.76. The number of hydrogen-bond donors (Lipinski definition) is 2. The maximum atomic E-state index is 10.7. The van der Waals surface area contributed by atoms with Gasteiger partial charge in [0.05, 0.1) is 18.3 Å². The van der Waals surface area contributed by atoms with E-state index in [1.54, 1.807) is 17.8 Å². The molecule has 2 heterocycles.